The molecular formula is C22H27N3O4. The summed E-state index contributed by atoms with van der Waals surface area (Å²) < 4.78 is 0. The predicted molar refractivity (Wildman–Crippen MR) is 110 cm³/mol. The molecule has 1 aromatic carbocycles. The summed E-state index contributed by atoms with van der Waals surface area (Å²) in [4.78, 5) is 30.7. The number of nitrogens with one attached hydrogen (secondary N) is 1. The van der Waals surface area contributed by atoms with Crippen LogP contribution < -0.4 is 10.2 Å². The monoisotopic (exact) mass is 397 g/mol. The Morgan fingerprint density at radius 2 is 1.97 bits per heavy atom. The molecule has 154 valence electrons. The van der Waals surface area contributed by atoms with Gasteiger partial charge >= 0.3 is 6.09 Å². The van der Waals surface area contributed by atoms with Gasteiger partial charge in [-0.3, -0.25) is 9.78 Å². The Balaban J connectivity index is 1.84. The lowest BCUT2D eigenvalue weighted by atomic mass is 9.98. The molecule has 3 rings (SSSR count). The molecular weight excluding hydrogens is 370 g/mol. The van der Waals surface area contributed by atoms with Crippen molar-refractivity contribution in [2.75, 3.05) is 11.4 Å². The van der Waals surface area contributed by atoms with E-state index in [2.05, 4.69) is 10.3 Å². The Labute approximate surface area is 170 Å². The summed E-state index contributed by atoms with van der Waals surface area (Å²) in [5.41, 5.74) is 1.54. The van der Waals surface area contributed by atoms with Crippen molar-refractivity contribution >= 4 is 17.7 Å². The van der Waals surface area contributed by atoms with E-state index in [1.807, 2.05) is 32.0 Å². The maximum atomic E-state index is 13.4. The summed E-state index contributed by atoms with van der Waals surface area (Å²) in [5, 5.41) is 21.4. The highest BCUT2D eigenvalue weighted by molar-refractivity contribution is 5.97. The van der Waals surface area contributed by atoms with Gasteiger partial charge in [-0.2, -0.15) is 0 Å². The number of carbonyl (C=O) groups excluding carboxylic acids is 1. The molecule has 2 unspecified atom stereocenters. The van der Waals surface area contributed by atoms with E-state index in [1.54, 1.807) is 23.2 Å². The third kappa shape index (κ3) is 5.04. The van der Waals surface area contributed by atoms with E-state index in [4.69, 9.17) is 0 Å². The molecule has 1 aliphatic rings. The van der Waals surface area contributed by atoms with Gasteiger partial charge in [-0.05, 0) is 48.7 Å². The molecule has 1 aliphatic carbocycles. The number of pyridine rings is 1. The van der Waals surface area contributed by atoms with Crippen LogP contribution in [0.5, 0.6) is 5.75 Å². The van der Waals surface area contributed by atoms with Crippen LogP contribution in [0, 0.1) is 11.8 Å². The fourth-order valence-corrected chi connectivity index (χ4v) is 3.55. The number of carbonyl (C=O) groups is 2. The van der Waals surface area contributed by atoms with Gasteiger partial charge in [0.15, 0.2) is 0 Å². The molecule has 2 aromatic rings. The van der Waals surface area contributed by atoms with E-state index < -0.39 is 12.1 Å². The zero-order valence-electron chi connectivity index (χ0n) is 16.7. The molecule has 0 aliphatic heterocycles. The molecule has 0 spiro atoms. The van der Waals surface area contributed by atoms with Crippen molar-refractivity contribution in [3.05, 3.63) is 54.4 Å². The van der Waals surface area contributed by atoms with Gasteiger partial charge in [0.2, 0.25) is 5.91 Å². The molecule has 29 heavy (non-hydrogen) atoms. The molecule has 1 fully saturated rings. The third-order valence-corrected chi connectivity index (χ3v) is 5.62. The minimum Gasteiger partial charge on any atom is -0.508 e. The van der Waals surface area contributed by atoms with Crippen LogP contribution in [-0.2, 0) is 4.79 Å². The number of rotatable bonds is 8. The number of hydrogen-bond donors (Lipinski definition) is 3. The zero-order chi connectivity index (χ0) is 21.0. The minimum atomic E-state index is -1.11. The average Bonchev–Trinajstić information content (AvgIpc) is 3.52. The van der Waals surface area contributed by atoms with Crippen LogP contribution in [0.3, 0.4) is 0 Å². The topological polar surface area (TPSA) is 103 Å². The van der Waals surface area contributed by atoms with Crippen molar-refractivity contribution in [1.29, 1.82) is 0 Å². The number of aromatic nitrogens is 1. The van der Waals surface area contributed by atoms with Crippen LogP contribution in [0.1, 0.15) is 38.3 Å². The second kappa shape index (κ2) is 8.94. The highest BCUT2D eigenvalue weighted by Gasteiger charge is 2.47. The number of amides is 2. The maximum absolute atomic E-state index is 13.4. The largest absolute Gasteiger partial charge is 0.508 e. The van der Waals surface area contributed by atoms with E-state index in [9.17, 15) is 19.8 Å². The Bertz CT molecular complexity index is 841. The standard InChI is InChI=1S/C22H27N3O4/c1-3-14(2)20(24-22(28)29)13-25(15-7-9-16(26)10-8-15)21(27)18-12-17(18)19-6-4-5-11-23-19/h4-11,14,17-18,20,24,26H,3,12-13H2,1-2H3,(H,28,29)/t14-,17?,18?,20+/m0/s1. The van der Waals surface area contributed by atoms with Crippen molar-refractivity contribution in [2.24, 2.45) is 11.8 Å². The third-order valence-electron chi connectivity index (χ3n) is 5.62. The fraction of sp³-hybridized carbons (Fsp3) is 0.409. The van der Waals surface area contributed by atoms with Crippen LogP contribution >= 0.6 is 0 Å². The number of benzene rings is 1. The summed E-state index contributed by atoms with van der Waals surface area (Å²) >= 11 is 0. The molecule has 2 amide bonds. The molecule has 7 heteroatoms. The van der Waals surface area contributed by atoms with Crippen molar-refractivity contribution in [3.8, 4) is 5.75 Å². The molecule has 0 bridgehead atoms. The Morgan fingerprint density at radius 3 is 2.55 bits per heavy atom. The second-order valence-corrected chi connectivity index (χ2v) is 7.61. The molecule has 4 atom stereocenters. The number of nitrogens with zero attached hydrogens (tertiary/aromatic N) is 2. The van der Waals surface area contributed by atoms with Gasteiger partial charge in [0.05, 0.1) is 6.04 Å². The number of carboxylic acid groups (broad SMARTS) is 1. The Kier molecular flexibility index (Phi) is 6.36. The van der Waals surface area contributed by atoms with E-state index in [-0.39, 0.29) is 36.0 Å². The second-order valence-electron chi connectivity index (χ2n) is 7.61. The fourth-order valence-electron chi connectivity index (χ4n) is 3.55. The summed E-state index contributed by atoms with van der Waals surface area (Å²) in [7, 11) is 0. The lowest BCUT2D eigenvalue weighted by molar-refractivity contribution is -0.120. The van der Waals surface area contributed by atoms with Gasteiger partial charge in [-0.1, -0.05) is 26.3 Å². The summed E-state index contributed by atoms with van der Waals surface area (Å²) in [6, 6.07) is 11.7. The smallest absolute Gasteiger partial charge is 0.404 e. The lowest BCUT2D eigenvalue weighted by Crippen LogP contribution is -2.49. The van der Waals surface area contributed by atoms with Crippen LogP contribution in [-0.4, -0.2) is 39.8 Å². The first-order valence-corrected chi connectivity index (χ1v) is 9.91. The van der Waals surface area contributed by atoms with Gasteiger partial charge in [-0.15, -0.1) is 0 Å². The number of phenols is 1. The van der Waals surface area contributed by atoms with E-state index in [1.165, 1.54) is 12.1 Å². The first-order valence-electron chi connectivity index (χ1n) is 9.91. The first kappa shape index (κ1) is 20.6. The van der Waals surface area contributed by atoms with Crippen molar-refractivity contribution < 1.29 is 19.8 Å². The van der Waals surface area contributed by atoms with Gasteiger partial charge in [0, 0.05) is 36.0 Å². The minimum absolute atomic E-state index is 0.0492. The van der Waals surface area contributed by atoms with Crippen LogP contribution in [0.25, 0.3) is 0 Å². The quantitative estimate of drug-likeness (QED) is 0.631. The number of anilines is 1. The predicted octanol–water partition coefficient (Wildman–Crippen LogP) is 3.61. The van der Waals surface area contributed by atoms with Crippen molar-refractivity contribution in [3.63, 3.8) is 0 Å². The molecule has 1 heterocycles. The maximum Gasteiger partial charge on any atom is 0.404 e. The highest BCUT2D eigenvalue weighted by Crippen LogP contribution is 2.48. The normalized spacial score (nSPS) is 19.8. The molecule has 1 aromatic heterocycles. The molecule has 0 radical (unpaired) electrons. The number of phenolic OH excluding ortho intramolecular Hbond substituents is 1. The zero-order valence-corrected chi connectivity index (χ0v) is 16.7. The van der Waals surface area contributed by atoms with E-state index >= 15 is 0 Å². The van der Waals surface area contributed by atoms with Gasteiger partial charge in [0.1, 0.15) is 5.75 Å². The van der Waals surface area contributed by atoms with Crippen molar-refractivity contribution in [1.82, 2.24) is 10.3 Å². The number of hydrogen-bond acceptors (Lipinski definition) is 4. The number of aromatic hydroxyl groups is 1. The SMILES string of the molecule is CC[C@H](C)[C@@H](CN(C(=O)C1CC1c1ccccn1)c1ccc(O)cc1)NC(=O)O. The summed E-state index contributed by atoms with van der Waals surface area (Å²) in [6.07, 6.45) is 2.13. The van der Waals surface area contributed by atoms with Gasteiger partial charge < -0.3 is 20.4 Å². The highest BCUT2D eigenvalue weighted by atomic mass is 16.4. The first-order chi connectivity index (χ1) is 13.9. The molecule has 1 saturated carbocycles. The molecule has 0 saturated heterocycles. The van der Waals surface area contributed by atoms with Gasteiger partial charge in [-0.25, -0.2) is 4.79 Å². The van der Waals surface area contributed by atoms with Gasteiger partial charge in [0.25, 0.3) is 0 Å². The molecule has 3 N–H and O–H groups in total. The average molecular weight is 397 g/mol. The summed E-state index contributed by atoms with van der Waals surface area (Å²) in [6.45, 7) is 4.19. The van der Waals surface area contributed by atoms with Crippen LogP contribution in [0.2, 0.25) is 0 Å². The van der Waals surface area contributed by atoms with E-state index in [0.29, 0.717) is 5.69 Å². The summed E-state index contributed by atoms with van der Waals surface area (Å²) in [5.74, 6) is 0.0242. The van der Waals surface area contributed by atoms with Crippen molar-refractivity contribution in [2.45, 2.75) is 38.6 Å². The molecule has 7 nitrogen and oxygen atoms in total. The van der Waals surface area contributed by atoms with E-state index in [0.717, 1.165) is 18.5 Å². The van der Waals surface area contributed by atoms with Crippen LogP contribution in [0.15, 0.2) is 48.7 Å². The lowest BCUT2D eigenvalue weighted by Gasteiger charge is -2.31. The van der Waals surface area contributed by atoms with Crippen LogP contribution in [0.4, 0.5) is 10.5 Å². The Morgan fingerprint density at radius 1 is 1.24 bits per heavy atom. The Hall–Kier alpha value is -3.09.